The van der Waals surface area contributed by atoms with Crippen LogP contribution in [0.1, 0.15) is 13.8 Å². The first-order valence-electron chi connectivity index (χ1n) is 4.99. The van der Waals surface area contributed by atoms with Gasteiger partial charge in [0.1, 0.15) is 12.1 Å². The minimum absolute atomic E-state index is 0.0948. The highest BCUT2D eigenvalue weighted by molar-refractivity contribution is 8.00. The molecule has 0 atom stereocenters. The lowest BCUT2D eigenvalue weighted by Crippen LogP contribution is -2.65. The molecule has 0 radical (unpaired) electrons. The van der Waals surface area contributed by atoms with Gasteiger partial charge in [0.05, 0.1) is 17.6 Å². The molecule has 0 aromatic heterocycles. The lowest BCUT2D eigenvalue weighted by atomic mass is 9.99. The molecule has 17 heavy (non-hydrogen) atoms. The third-order valence-electron chi connectivity index (χ3n) is 2.48. The standard InChI is InChI=1S/C10H13N3O3S/c1-10(2)9(16)12-7(14)5-13(10)8(15)6-17-4-3-11/h4-6H2,1-2H3,(H,12,14,16). The highest BCUT2D eigenvalue weighted by Gasteiger charge is 2.43. The molecule has 0 aromatic carbocycles. The Kier molecular flexibility index (Phi) is 4.12. The fourth-order valence-electron chi connectivity index (χ4n) is 1.44. The molecule has 92 valence electrons. The molecule has 0 saturated carbocycles. The van der Waals surface area contributed by atoms with E-state index in [4.69, 9.17) is 5.26 Å². The van der Waals surface area contributed by atoms with Gasteiger partial charge in [0.2, 0.25) is 11.8 Å². The van der Waals surface area contributed by atoms with Crippen LogP contribution >= 0.6 is 11.8 Å². The maximum Gasteiger partial charge on any atom is 0.252 e. The van der Waals surface area contributed by atoms with Crippen molar-refractivity contribution in [2.75, 3.05) is 18.1 Å². The number of imide groups is 1. The number of hydrogen-bond acceptors (Lipinski definition) is 5. The minimum Gasteiger partial charge on any atom is -0.318 e. The zero-order valence-corrected chi connectivity index (χ0v) is 10.5. The van der Waals surface area contributed by atoms with Gasteiger partial charge in [-0.2, -0.15) is 5.26 Å². The Morgan fingerprint density at radius 1 is 1.59 bits per heavy atom. The number of nitriles is 1. The van der Waals surface area contributed by atoms with Crippen LogP contribution in [0.2, 0.25) is 0 Å². The molecule has 1 heterocycles. The van der Waals surface area contributed by atoms with Crippen LogP contribution in [-0.2, 0) is 14.4 Å². The molecule has 0 aromatic rings. The normalized spacial score (nSPS) is 18.5. The van der Waals surface area contributed by atoms with Crippen LogP contribution in [0.3, 0.4) is 0 Å². The van der Waals surface area contributed by atoms with Gasteiger partial charge < -0.3 is 4.90 Å². The predicted octanol–water partition coefficient (Wildman–Crippen LogP) is -0.493. The Balaban J connectivity index is 2.73. The number of thioether (sulfide) groups is 1. The SMILES string of the molecule is CC1(C)C(=O)NC(=O)CN1C(=O)CSCC#N. The van der Waals surface area contributed by atoms with Gasteiger partial charge in [-0.3, -0.25) is 19.7 Å². The van der Waals surface area contributed by atoms with Gasteiger partial charge in [-0.15, -0.1) is 11.8 Å². The summed E-state index contributed by atoms with van der Waals surface area (Å²) in [4.78, 5) is 35.9. The lowest BCUT2D eigenvalue weighted by molar-refractivity contribution is -0.154. The Morgan fingerprint density at radius 3 is 2.82 bits per heavy atom. The van der Waals surface area contributed by atoms with Gasteiger partial charge in [0, 0.05) is 0 Å². The van der Waals surface area contributed by atoms with Crippen LogP contribution in [0.15, 0.2) is 0 Å². The monoisotopic (exact) mass is 255 g/mol. The first-order chi connectivity index (χ1) is 7.89. The van der Waals surface area contributed by atoms with Crippen molar-refractivity contribution in [3.05, 3.63) is 0 Å². The molecular formula is C10H13N3O3S. The van der Waals surface area contributed by atoms with E-state index >= 15 is 0 Å². The van der Waals surface area contributed by atoms with E-state index in [9.17, 15) is 14.4 Å². The molecule has 1 aliphatic heterocycles. The number of nitrogens with zero attached hydrogens (tertiary/aromatic N) is 2. The Labute approximate surface area is 103 Å². The molecule has 1 aliphatic rings. The van der Waals surface area contributed by atoms with E-state index in [1.54, 1.807) is 13.8 Å². The average Bonchev–Trinajstić information content (AvgIpc) is 2.24. The van der Waals surface area contributed by atoms with Crippen LogP contribution in [0.4, 0.5) is 0 Å². The largest absolute Gasteiger partial charge is 0.318 e. The van der Waals surface area contributed by atoms with Crippen molar-refractivity contribution >= 4 is 29.5 Å². The highest BCUT2D eigenvalue weighted by Crippen LogP contribution is 2.19. The highest BCUT2D eigenvalue weighted by atomic mass is 32.2. The molecule has 0 aliphatic carbocycles. The fourth-order valence-corrected chi connectivity index (χ4v) is 1.97. The van der Waals surface area contributed by atoms with Crippen molar-refractivity contribution in [1.82, 2.24) is 10.2 Å². The van der Waals surface area contributed by atoms with Crippen molar-refractivity contribution < 1.29 is 14.4 Å². The molecule has 1 fully saturated rings. The summed E-state index contributed by atoms with van der Waals surface area (Å²) in [6, 6.07) is 1.91. The van der Waals surface area contributed by atoms with Crippen LogP contribution in [-0.4, -0.2) is 46.2 Å². The second-order valence-corrected chi connectivity index (χ2v) is 5.05. The Hall–Kier alpha value is -1.55. The van der Waals surface area contributed by atoms with E-state index in [0.717, 1.165) is 11.8 Å². The molecule has 0 unspecified atom stereocenters. The number of hydrogen-bond donors (Lipinski definition) is 1. The Bertz CT molecular complexity index is 400. The van der Waals surface area contributed by atoms with Crippen molar-refractivity contribution in [3.8, 4) is 6.07 Å². The number of rotatable bonds is 3. The fraction of sp³-hybridized carbons (Fsp3) is 0.600. The average molecular weight is 255 g/mol. The smallest absolute Gasteiger partial charge is 0.252 e. The number of carbonyl (C=O) groups is 3. The van der Waals surface area contributed by atoms with E-state index < -0.39 is 17.4 Å². The van der Waals surface area contributed by atoms with E-state index in [-0.39, 0.29) is 24.0 Å². The van der Waals surface area contributed by atoms with Crippen LogP contribution in [0.25, 0.3) is 0 Å². The molecule has 7 heteroatoms. The molecule has 1 saturated heterocycles. The van der Waals surface area contributed by atoms with Gasteiger partial charge >= 0.3 is 0 Å². The van der Waals surface area contributed by atoms with Crippen LogP contribution in [0.5, 0.6) is 0 Å². The van der Waals surface area contributed by atoms with E-state index in [2.05, 4.69) is 5.32 Å². The molecule has 0 spiro atoms. The number of carbonyl (C=O) groups excluding carboxylic acids is 3. The summed E-state index contributed by atoms with van der Waals surface area (Å²) < 4.78 is 0. The van der Waals surface area contributed by atoms with Crippen molar-refractivity contribution in [2.24, 2.45) is 0 Å². The van der Waals surface area contributed by atoms with Gasteiger partial charge in [-0.25, -0.2) is 0 Å². The molecule has 6 nitrogen and oxygen atoms in total. The molecule has 1 rings (SSSR count). The lowest BCUT2D eigenvalue weighted by Gasteiger charge is -2.40. The number of piperazine rings is 1. The van der Waals surface area contributed by atoms with E-state index in [1.165, 1.54) is 4.90 Å². The minimum atomic E-state index is -1.03. The third kappa shape index (κ3) is 2.97. The van der Waals surface area contributed by atoms with Crippen LogP contribution in [0, 0.1) is 11.3 Å². The van der Waals surface area contributed by atoms with Gasteiger partial charge in [0.25, 0.3) is 5.91 Å². The molecular weight excluding hydrogens is 242 g/mol. The zero-order chi connectivity index (χ0) is 13.1. The van der Waals surface area contributed by atoms with Gasteiger partial charge in [-0.1, -0.05) is 0 Å². The predicted molar refractivity (Wildman–Crippen MR) is 61.9 cm³/mol. The van der Waals surface area contributed by atoms with Crippen molar-refractivity contribution in [2.45, 2.75) is 19.4 Å². The quantitative estimate of drug-likeness (QED) is 0.542. The summed E-state index contributed by atoms with van der Waals surface area (Å²) >= 11 is 1.16. The van der Waals surface area contributed by atoms with Gasteiger partial charge in [0.15, 0.2) is 0 Å². The van der Waals surface area contributed by atoms with Crippen molar-refractivity contribution in [3.63, 3.8) is 0 Å². The summed E-state index contributed by atoms with van der Waals surface area (Å²) in [6.07, 6.45) is 0. The maximum absolute atomic E-state index is 11.8. The zero-order valence-electron chi connectivity index (χ0n) is 9.65. The summed E-state index contributed by atoms with van der Waals surface area (Å²) in [5.74, 6) is -0.962. The number of amides is 3. The summed E-state index contributed by atoms with van der Waals surface area (Å²) in [7, 11) is 0. The third-order valence-corrected chi connectivity index (χ3v) is 3.26. The molecule has 1 N–H and O–H groups in total. The second-order valence-electron chi connectivity index (χ2n) is 4.07. The Morgan fingerprint density at radius 2 is 2.24 bits per heavy atom. The number of nitrogens with one attached hydrogen (secondary N) is 1. The van der Waals surface area contributed by atoms with E-state index in [1.807, 2.05) is 6.07 Å². The van der Waals surface area contributed by atoms with Crippen molar-refractivity contribution in [1.29, 1.82) is 5.26 Å². The van der Waals surface area contributed by atoms with E-state index in [0.29, 0.717) is 0 Å². The molecule has 3 amide bonds. The maximum atomic E-state index is 11.8. The molecule has 0 bridgehead atoms. The van der Waals surface area contributed by atoms with Gasteiger partial charge in [-0.05, 0) is 13.8 Å². The summed E-state index contributed by atoms with van der Waals surface area (Å²) in [6.45, 7) is 3.05. The second kappa shape index (κ2) is 5.19. The van der Waals surface area contributed by atoms with Crippen LogP contribution < -0.4 is 5.32 Å². The topological polar surface area (TPSA) is 90.3 Å². The summed E-state index contributed by atoms with van der Waals surface area (Å²) in [5, 5.41) is 10.6. The first-order valence-corrected chi connectivity index (χ1v) is 6.14. The summed E-state index contributed by atoms with van der Waals surface area (Å²) in [5.41, 5.74) is -1.03. The first kappa shape index (κ1) is 13.5.